The van der Waals surface area contributed by atoms with Gasteiger partial charge in [-0.15, -0.1) is 34.7 Å². The molecule has 2 aliphatic rings. The second-order valence-corrected chi connectivity index (χ2v) is 12.6. The Morgan fingerprint density at radius 1 is 1.29 bits per heavy atom. The summed E-state index contributed by atoms with van der Waals surface area (Å²) in [5.41, 5.74) is -0.918. The molecule has 13 nitrogen and oxygen atoms in total. The minimum absolute atomic E-state index is 0.0594. The van der Waals surface area contributed by atoms with E-state index in [4.69, 9.17) is 49.1 Å². The van der Waals surface area contributed by atoms with E-state index in [1.54, 1.807) is 20.8 Å². The molecule has 1 aromatic rings. The van der Waals surface area contributed by atoms with E-state index in [0.717, 1.165) is 28.0 Å². The number of thiazole rings is 1. The highest BCUT2D eigenvalue weighted by molar-refractivity contribution is 8.00. The largest absolute Gasteiger partial charge is 0.444 e. The summed E-state index contributed by atoms with van der Waals surface area (Å²) in [6.07, 6.45) is -2.00. The second-order valence-electron chi connectivity index (χ2n) is 8.91. The molecule has 3 amide bonds. The summed E-state index contributed by atoms with van der Waals surface area (Å²) >= 11 is 19.3. The SMILES string of the molecule is CO/N=C(/C(=O)N[C@@H]1C(=O)N2C(C(=O)OC(Cl)(Cl)CCl)C(O)CS[C@H]12)c1csc(NC(=O)OC(C)(C)C)n1. The van der Waals surface area contributed by atoms with Crippen LogP contribution in [0.2, 0.25) is 0 Å². The van der Waals surface area contributed by atoms with Gasteiger partial charge < -0.3 is 29.6 Å². The van der Waals surface area contributed by atoms with Gasteiger partial charge in [-0.3, -0.25) is 14.9 Å². The molecule has 3 N–H and O–H groups in total. The Bertz CT molecular complexity index is 1130. The third kappa shape index (κ3) is 7.12. The molecule has 2 aliphatic heterocycles. The maximum atomic E-state index is 13.0. The summed E-state index contributed by atoms with van der Waals surface area (Å²) in [5.74, 6) is -2.88. The molecule has 0 saturated carbocycles. The minimum atomic E-state index is -2.05. The fourth-order valence-electron chi connectivity index (χ4n) is 3.41. The predicted molar refractivity (Wildman–Crippen MR) is 142 cm³/mol. The summed E-state index contributed by atoms with van der Waals surface area (Å²) < 4.78 is 8.06. The van der Waals surface area contributed by atoms with Crippen molar-refractivity contribution in [3.05, 3.63) is 11.1 Å². The summed E-state index contributed by atoms with van der Waals surface area (Å²) in [4.78, 5) is 60.6. The number of amides is 3. The second kappa shape index (κ2) is 12.0. The Balaban J connectivity index is 1.70. The van der Waals surface area contributed by atoms with Crippen LogP contribution >= 0.6 is 57.9 Å². The van der Waals surface area contributed by atoms with Crippen LogP contribution in [0.4, 0.5) is 9.93 Å². The lowest BCUT2D eigenvalue weighted by Crippen LogP contribution is -2.77. The van der Waals surface area contributed by atoms with E-state index in [-0.39, 0.29) is 22.3 Å². The van der Waals surface area contributed by atoms with E-state index in [1.807, 2.05) is 0 Å². The maximum absolute atomic E-state index is 13.0. The molecule has 0 aromatic carbocycles. The Labute approximate surface area is 240 Å². The Hall–Kier alpha value is -2.04. The summed E-state index contributed by atoms with van der Waals surface area (Å²) in [6, 6.07) is -2.45. The van der Waals surface area contributed by atoms with Gasteiger partial charge in [0.15, 0.2) is 16.9 Å². The maximum Gasteiger partial charge on any atom is 0.413 e. The highest BCUT2D eigenvalue weighted by Crippen LogP contribution is 2.39. The first kappa shape index (κ1) is 30.5. The van der Waals surface area contributed by atoms with Crippen LogP contribution in [0.15, 0.2) is 10.5 Å². The molecular weight excluding hydrogens is 609 g/mol. The lowest BCUT2D eigenvalue weighted by molar-refractivity contribution is -0.172. The van der Waals surface area contributed by atoms with Crippen molar-refractivity contribution in [2.24, 2.45) is 5.16 Å². The molecule has 18 heteroatoms. The molecule has 0 spiro atoms. The number of hydrogen-bond donors (Lipinski definition) is 3. The van der Waals surface area contributed by atoms with Gasteiger partial charge in [0.25, 0.3) is 10.4 Å². The van der Waals surface area contributed by atoms with Crippen molar-refractivity contribution < 1.29 is 38.6 Å². The zero-order chi connectivity index (χ0) is 28.4. The molecule has 0 aliphatic carbocycles. The number of oxime groups is 1. The number of aliphatic hydroxyl groups excluding tert-OH is 1. The van der Waals surface area contributed by atoms with E-state index in [9.17, 15) is 24.3 Å². The molecule has 3 rings (SSSR count). The molecular formula is C20H24Cl3N5O8S2. The first-order valence-electron chi connectivity index (χ1n) is 10.8. The molecule has 2 saturated heterocycles. The van der Waals surface area contributed by atoms with Gasteiger partial charge >= 0.3 is 12.1 Å². The summed E-state index contributed by atoms with van der Waals surface area (Å²) in [5, 5.41) is 20.0. The number of esters is 1. The monoisotopic (exact) mass is 631 g/mol. The number of halogens is 3. The normalized spacial score (nSPS) is 23.6. The first-order valence-corrected chi connectivity index (χ1v) is 14.1. The van der Waals surface area contributed by atoms with E-state index < -0.39 is 63.4 Å². The Morgan fingerprint density at radius 3 is 2.58 bits per heavy atom. The lowest BCUT2D eigenvalue weighted by atomic mass is 9.99. The van der Waals surface area contributed by atoms with Crippen LogP contribution in [-0.2, 0) is 28.7 Å². The quantitative estimate of drug-likeness (QED) is 0.126. The lowest BCUT2D eigenvalue weighted by Gasteiger charge is -2.53. The van der Waals surface area contributed by atoms with Crippen LogP contribution in [0.5, 0.6) is 0 Å². The first-order chi connectivity index (χ1) is 17.7. The van der Waals surface area contributed by atoms with E-state index >= 15 is 0 Å². The number of carbonyl (C=O) groups excluding carboxylic acids is 4. The van der Waals surface area contributed by atoms with Crippen molar-refractivity contribution in [2.75, 3.05) is 24.1 Å². The molecule has 3 heterocycles. The van der Waals surface area contributed by atoms with Crippen LogP contribution in [0.1, 0.15) is 26.5 Å². The average Bonchev–Trinajstić information content (AvgIpc) is 3.26. The smallest absolute Gasteiger partial charge is 0.413 e. The van der Waals surface area contributed by atoms with Crippen LogP contribution in [-0.4, -0.2) is 97.0 Å². The highest BCUT2D eigenvalue weighted by Gasteiger charge is 2.58. The minimum Gasteiger partial charge on any atom is -0.444 e. The molecule has 210 valence electrons. The number of carbonyl (C=O) groups is 4. The van der Waals surface area contributed by atoms with E-state index in [1.165, 1.54) is 12.5 Å². The van der Waals surface area contributed by atoms with E-state index in [2.05, 4.69) is 20.8 Å². The van der Waals surface area contributed by atoms with Gasteiger partial charge in [0.1, 0.15) is 29.8 Å². The van der Waals surface area contributed by atoms with E-state index in [0.29, 0.717) is 0 Å². The predicted octanol–water partition coefficient (Wildman–Crippen LogP) is 1.88. The van der Waals surface area contributed by atoms with Gasteiger partial charge in [-0.25, -0.2) is 14.6 Å². The fourth-order valence-corrected chi connectivity index (χ4v) is 5.64. The average molecular weight is 633 g/mol. The van der Waals surface area contributed by atoms with Crippen molar-refractivity contribution >= 4 is 92.6 Å². The Morgan fingerprint density at radius 2 is 1.97 bits per heavy atom. The number of nitrogens with one attached hydrogen (secondary N) is 2. The number of β-lactam (4-membered cyclic amide) rings is 1. The standard InChI is InChI=1S/C20H24Cl3N5O8S2/c1-19(2,3)36-18(33)26-17-24-8(5-38-17)10(27-34-4)13(30)25-11-14(31)28-12(9(29)6-37-15(11)28)16(32)35-20(22,23)7-21/h5,9,11-12,15,29H,6-7H2,1-4H3,(H,25,30)(H,24,26,33)/b27-10+/t9?,11-,12?,15-/m1/s1. The number of anilines is 1. The van der Waals surface area contributed by atoms with Crippen LogP contribution in [0, 0.1) is 0 Å². The summed E-state index contributed by atoms with van der Waals surface area (Å²) in [7, 11) is 1.22. The zero-order valence-corrected chi connectivity index (χ0v) is 24.3. The van der Waals surface area contributed by atoms with Gasteiger partial charge in [0.2, 0.25) is 5.91 Å². The number of aromatic nitrogens is 1. The van der Waals surface area contributed by atoms with Crippen LogP contribution in [0.25, 0.3) is 0 Å². The number of alkyl halides is 3. The number of ether oxygens (including phenoxy) is 2. The van der Waals surface area contributed by atoms with Crippen LogP contribution < -0.4 is 10.6 Å². The van der Waals surface area contributed by atoms with Crippen molar-refractivity contribution in [1.29, 1.82) is 0 Å². The summed E-state index contributed by atoms with van der Waals surface area (Å²) in [6.45, 7) is 5.11. The van der Waals surface area contributed by atoms with Gasteiger partial charge in [-0.2, -0.15) is 0 Å². The number of rotatable bonds is 8. The van der Waals surface area contributed by atoms with Gasteiger partial charge in [0.05, 0.1) is 12.0 Å². The van der Waals surface area contributed by atoms with Gasteiger partial charge in [-0.05, 0) is 20.8 Å². The molecule has 1 aromatic heterocycles. The molecule has 0 radical (unpaired) electrons. The van der Waals surface area contributed by atoms with Crippen molar-refractivity contribution in [3.8, 4) is 0 Å². The number of fused-ring (bicyclic) bond motifs is 1. The van der Waals surface area contributed by atoms with Crippen molar-refractivity contribution in [1.82, 2.24) is 15.2 Å². The number of hydrogen-bond acceptors (Lipinski definition) is 12. The van der Waals surface area contributed by atoms with Crippen molar-refractivity contribution in [2.45, 2.75) is 54.5 Å². The molecule has 38 heavy (non-hydrogen) atoms. The number of thioether (sulfide) groups is 1. The van der Waals surface area contributed by atoms with Crippen LogP contribution in [0.3, 0.4) is 0 Å². The number of nitrogens with zero attached hydrogens (tertiary/aromatic N) is 3. The fraction of sp³-hybridized carbons (Fsp3) is 0.600. The zero-order valence-electron chi connectivity index (χ0n) is 20.4. The van der Waals surface area contributed by atoms with Gasteiger partial charge in [0, 0.05) is 11.1 Å². The molecule has 4 atom stereocenters. The molecule has 2 fully saturated rings. The molecule has 0 bridgehead atoms. The van der Waals surface area contributed by atoms with Crippen molar-refractivity contribution in [3.63, 3.8) is 0 Å². The number of aliphatic hydroxyl groups is 1. The Kier molecular flexibility index (Phi) is 9.63. The van der Waals surface area contributed by atoms with Gasteiger partial charge in [-0.1, -0.05) is 28.4 Å². The topological polar surface area (TPSA) is 169 Å². The molecule has 2 unspecified atom stereocenters. The third-order valence-corrected chi connectivity index (χ3v) is 8.07. The third-order valence-electron chi connectivity index (χ3n) is 4.87. The highest BCUT2D eigenvalue weighted by atomic mass is 35.5.